The predicted octanol–water partition coefficient (Wildman–Crippen LogP) is -3.73. The highest BCUT2D eigenvalue weighted by Crippen LogP contribution is 2.37. The summed E-state index contributed by atoms with van der Waals surface area (Å²) in [5.74, 6) is 1.76. The first-order chi connectivity index (χ1) is 14.4. The highest BCUT2D eigenvalue weighted by atomic mass is 30.4. The fraction of sp³-hybridized carbons (Fsp3) is 0.647. The third-order valence-corrected chi connectivity index (χ3v) is 157. The number of ether oxygens (including phenoxy) is 2. The van der Waals surface area contributed by atoms with Gasteiger partial charge >= 0.3 is 0 Å². The van der Waals surface area contributed by atoms with E-state index in [4.69, 9.17) is 22.8 Å². The summed E-state index contributed by atoms with van der Waals surface area (Å²) in [4.78, 5) is 0. The van der Waals surface area contributed by atoms with Crippen molar-refractivity contribution in [2.45, 2.75) is 40.2 Å². The van der Waals surface area contributed by atoms with Crippen molar-refractivity contribution in [1.29, 1.82) is 0 Å². The van der Waals surface area contributed by atoms with E-state index >= 15 is 0 Å². The molecule has 0 radical (unpaired) electrons. The van der Waals surface area contributed by atoms with Gasteiger partial charge in [0.15, 0.2) is 11.5 Å². The van der Waals surface area contributed by atoms with E-state index in [0.717, 1.165) is 37.7 Å². The molecule has 1 unspecified atom stereocenters. The maximum absolute atomic E-state index is 6.85. The van der Waals surface area contributed by atoms with Crippen molar-refractivity contribution in [2.75, 3.05) is 34.0 Å². The SMILES string of the molecule is CCO[SiH](OCC)[Si](CCc1cc(C)cc(OC)c1OC)([Si]([SiH3])([SiH3])[SiH3])[Si]([SiH3])([SiH3])OCC. The van der Waals surface area contributed by atoms with Crippen LogP contribution >= 0.6 is 0 Å². The van der Waals surface area contributed by atoms with Crippen molar-refractivity contribution < 1.29 is 22.8 Å². The van der Waals surface area contributed by atoms with Crippen molar-refractivity contribution in [3.8, 4) is 11.5 Å². The third kappa shape index (κ3) is 6.84. The summed E-state index contributed by atoms with van der Waals surface area (Å²) in [6.07, 6.45) is -0.102. The molecule has 0 bridgehead atoms. The summed E-state index contributed by atoms with van der Waals surface area (Å²) in [6, 6.07) is 5.68. The second kappa shape index (κ2) is 12.9. The van der Waals surface area contributed by atoms with Crippen LogP contribution in [0.1, 0.15) is 31.9 Å². The Morgan fingerprint density at radius 1 is 0.871 bits per heavy atom. The zero-order valence-electron chi connectivity index (χ0n) is 21.8. The molecule has 5 nitrogen and oxygen atoms in total. The van der Waals surface area contributed by atoms with Crippen LogP contribution in [0.15, 0.2) is 12.1 Å². The lowest BCUT2D eigenvalue weighted by atomic mass is 10.1. The molecule has 0 spiro atoms. The van der Waals surface area contributed by atoms with Crippen molar-refractivity contribution in [3.63, 3.8) is 0 Å². The zero-order chi connectivity index (χ0) is 23.9. The Hall–Kier alpha value is 0.652. The summed E-state index contributed by atoms with van der Waals surface area (Å²) in [7, 11) is 8.46. The van der Waals surface area contributed by atoms with E-state index in [2.05, 4.69) is 39.8 Å². The number of rotatable bonds is 14. The molecule has 0 saturated heterocycles. The van der Waals surface area contributed by atoms with Gasteiger partial charge in [0.1, 0.15) is 13.5 Å². The molecular weight excluding hydrogens is 537 g/mol. The monoisotopic (exact) mass is 582 g/mol. The van der Waals surface area contributed by atoms with Gasteiger partial charge in [0.25, 0.3) is 8.80 Å². The first-order valence-corrected chi connectivity index (χ1v) is 39.9. The van der Waals surface area contributed by atoms with Crippen molar-refractivity contribution >= 4 is 77.2 Å². The summed E-state index contributed by atoms with van der Waals surface area (Å²) >= 11 is 0. The first-order valence-electron chi connectivity index (χ1n) is 11.5. The van der Waals surface area contributed by atoms with E-state index in [1.165, 1.54) is 66.0 Å². The van der Waals surface area contributed by atoms with Crippen molar-refractivity contribution in [2.24, 2.45) is 0 Å². The molecule has 31 heavy (non-hydrogen) atoms. The lowest BCUT2D eigenvalue weighted by molar-refractivity contribution is 0.229. The van der Waals surface area contributed by atoms with Gasteiger partial charge < -0.3 is 22.8 Å². The molecule has 0 amide bonds. The molecule has 0 fully saturated rings. The summed E-state index contributed by atoms with van der Waals surface area (Å²) in [5, 5.41) is 0. The van der Waals surface area contributed by atoms with E-state index in [0.29, 0.717) is 0 Å². The fourth-order valence-electron chi connectivity index (χ4n) is 5.17. The van der Waals surface area contributed by atoms with Gasteiger partial charge in [0.05, 0.1) is 14.2 Å². The quantitative estimate of drug-likeness (QED) is 0.211. The molecule has 0 aliphatic heterocycles. The summed E-state index contributed by atoms with van der Waals surface area (Å²) in [5.41, 5.74) is 2.53. The fourth-order valence-corrected chi connectivity index (χ4v) is 279. The molecule has 0 aromatic heterocycles. The number of benzene rings is 1. The lowest BCUT2D eigenvalue weighted by Gasteiger charge is -2.53. The van der Waals surface area contributed by atoms with Gasteiger partial charge in [-0.3, -0.25) is 0 Å². The highest BCUT2D eigenvalue weighted by molar-refractivity contribution is 8.11. The van der Waals surface area contributed by atoms with Gasteiger partial charge in [-0.2, -0.15) is 0 Å². The molecule has 0 N–H and O–H groups in total. The number of hydrogen-bond donors (Lipinski definition) is 0. The largest absolute Gasteiger partial charge is 0.493 e. The Bertz CT molecular complexity index is 695. The second-order valence-electron chi connectivity index (χ2n) is 9.57. The van der Waals surface area contributed by atoms with Crippen LogP contribution in [0.5, 0.6) is 11.5 Å². The smallest absolute Gasteiger partial charge is 0.296 e. The molecule has 0 heterocycles. The van der Waals surface area contributed by atoms with Crippen LogP contribution in [-0.2, 0) is 19.7 Å². The first kappa shape index (κ1) is 29.7. The summed E-state index contributed by atoms with van der Waals surface area (Å²) < 4.78 is 31.6. The number of methoxy groups -OCH3 is 2. The van der Waals surface area contributed by atoms with Gasteiger partial charge in [-0.1, -0.05) is 12.1 Å². The van der Waals surface area contributed by atoms with E-state index in [1.54, 1.807) is 14.2 Å². The summed E-state index contributed by atoms with van der Waals surface area (Å²) in [6.45, 7) is 7.78. The standard InChI is InChI=1S/C17H46O5Si9/c1-7-20-28(21-8-2)29(31(25,26)27,30(23,24)22-9-3)11-10-15-12-14(4)13-16(18-5)17(15)19-6/h12-13,28H,7-11H2,1-6,23-27H3. The molecule has 1 atom stereocenters. The highest BCUT2D eigenvalue weighted by Gasteiger charge is 2.64. The molecule has 180 valence electrons. The molecule has 1 aromatic rings. The van der Waals surface area contributed by atoms with Crippen LogP contribution in [0.25, 0.3) is 0 Å². The third-order valence-electron chi connectivity index (χ3n) is 6.45. The Labute approximate surface area is 208 Å². The van der Waals surface area contributed by atoms with E-state index in [-0.39, 0.29) is 0 Å². The normalized spacial score (nSPS) is 18.2. The maximum atomic E-state index is 6.85. The average Bonchev–Trinajstić information content (AvgIpc) is 2.66. The lowest BCUT2D eigenvalue weighted by Crippen LogP contribution is -2.89. The van der Waals surface area contributed by atoms with Crippen LogP contribution < -0.4 is 9.47 Å². The maximum Gasteiger partial charge on any atom is 0.296 e. The number of aryl methyl sites for hydroxylation is 2. The van der Waals surface area contributed by atoms with Crippen LogP contribution in [0.4, 0.5) is 0 Å². The Kier molecular flexibility index (Phi) is 12.4. The van der Waals surface area contributed by atoms with Gasteiger partial charge in [0.2, 0.25) is 0 Å². The van der Waals surface area contributed by atoms with E-state index in [1.807, 2.05) is 0 Å². The molecule has 0 saturated carbocycles. The topological polar surface area (TPSA) is 46.2 Å². The predicted molar refractivity (Wildman–Crippen MR) is 162 cm³/mol. The van der Waals surface area contributed by atoms with E-state index in [9.17, 15) is 0 Å². The van der Waals surface area contributed by atoms with Crippen LogP contribution in [0.2, 0.25) is 6.04 Å². The van der Waals surface area contributed by atoms with Crippen LogP contribution in [-0.4, -0.2) is 111 Å². The van der Waals surface area contributed by atoms with Gasteiger partial charge in [-0.05, 0) is 80.6 Å². The second-order valence-corrected chi connectivity index (χ2v) is 117. The molecule has 0 aliphatic rings. The van der Waals surface area contributed by atoms with Gasteiger partial charge in [0, 0.05) is 45.5 Å². The minimum atomic E-state index is -1.72. The minimum Gasteiger partial charge on any atom is -0.493 e. The average molecular weight is 583 g/mol. The molecule has 14 heteroatoms. The Morgan fingerprint density at radius 3 is 1.87 bits per heavy atom. The molecule has 1 aromatic carbocycles. The molecule has 0 aliphatic carbocycles. The van der Waals surface area contributed by atoms with Gasteiger partial charge in [-0.15, -0.1) is 0 Å². The van der Waals surface area contributed by atoms with Crippen molar-refractivity contribution in [3.05, 3.63) is 23.3 Å². The number of hydrogen-bond acceptors (Lipinski definition) is 5. The van der Waals surface area contributed by atoms with Gasteiger partial charge in [-0.25, -0.2) is 0 Å². The minimum absolute atomic E-state index is 0.794. The van der Waals surface area contributed by atoms with E-state index < -0.39 is 28.4 Å². The van der Waals surface area contributed by atoms with Crippen molar-refractivity contribution in [1.82, 2.24) is 0 Å². The molecular formula is C17H46O5Si9. The zero-order valence-corrected chi connectivity index (χ0v) is 36.0. The van der Waals surface area contributed by atoms with Crippen LogP contribution in [0.3, 0.4) is 0 Å². The molecule has 1 rings (SSSR count). The Balaban J connectivity index is 3.63. The van der Waals surface area contributed by atoms with Crippen LogP contribution in [0, 0.1) is 6.92 Å². The Morgan fingerprint density at radius 2 is 1.45 bits per heavy atom.